The summed E-state index contributed by atoms with van der Waals surface area (Å²) in [5, 5.41) is 22.4. The van der Waals surface area contributed by atoms with Gasteiger partial charge in [0.15, 0.2) is 5.82 Å². The molecule has 0 spiro atoms. The van der Waals surface area contributed by atoms with Crippen molar-refractivity contribution in [3.8, 4) is 0 Å². The van der Waals surface area contributed by atoms with Crippen molar-refractivity contribution in [3.05, 3.63) is 11.7 Å². The molecule has 2 saturated heterocycles. The maximum absolute atomic E-state index is 11.9. The molecular formula is C13H21N5O3. The number of hydrogen-bond acceptors (Lipinski definition) is 7. The maximum Gasteiger partial charge on any atom is 0.246 e. The van der Waals surface area contributed by atoms with Crippen LogP contribution in [-0.2, 0) is 11.3 Å². The number of carbonyl (C=O) groups is 1. The first-order chi connectivity index (χ1) is 10.2. The summed E-state index contributed by atoms with van der Waals surface area (Å²) in [5.74, 6) is 0.916. The van der Waals surface area contributed by atoms with Crippen LogP contribution in [0.5, 0.6) is 0 Å². The summed E-state index contributed by atoms with van der Waals surface area (Å²) in [7, 11) is 0. The highest BCUT2D eigenvalue weighted by Gasteiger charge is 2.28. The summed E-state index contributed by atoms with van der Waals surface area (Å²) in [6, 6.07) is -0.194. The topological polar surface area (TPSA) is 112 Å². The van der Waals surface area contributed by atoms with E-state index < -0.39 is 6.10 Å². The smallest absolute Gasteiger partial charge is 0.246 e. The highest BCUT2D eigenvalue weighted by atomic mass is 16.5. The number of nitrogens with one attached hydrogen (secondary N) is 3. The van der Waals surface area contributed by atoms with E-state index in [-0.39, 0.29) is 24.5 Å². The molecule has 2 aliphatic rings. The zero-order chi connectivity index (χ0) is 14.7. The first-order valence-electron chi connectivity index (χ1n) is 7.47. The molecule has 8 nitrogen and oxygen atoms in total. The zero-order valence-electron chi connectivity index (χ0n) is 11.8. The number of carbonyl (C=O) groups excluding carboxylic acids is 1. The van der Waals surface area contributed by atoms with Crippen LogP contribution in [0.2, 0.25) is 0 Å². The fourth-order valence-electron chi connectivity index (χ4n) is 2.76. The van der Waals surface area contributed by atoms with Gasteiger partial charge in [-0.2, -0.15) is 4.98 Å². The summed E-state index contributed by atoms with van der Waals surface area (Å²) in [6.45, 7) is 1.64. The average Bonchev–Trinajstić information content (AvgIpc) is 3.15. The van der Waals surface area contributed by atoms with Gasteiger partial charge in [-0.1, -0.05) is 11.6 Å². The molecule has 1 aromatic rings. The largest absolute Gasteiger partial charge is 0.392 e. The lowest BCUT2D eigenvalue weighted by Crippen LogP contribution is -2.40. The lowest BCUT2D eigenvalue weighted by atomic mass is 10.0. The molecule has 0 aromatic carbocycles. The van der Waals surface area contributed by atoms with Gasteiger partial charge in [0.2, 0.25) is 11.8 Å². The minimum Gasteiger partial charge on any atom is -0.392 e. The molecule has 0 saturated carbocycles. The number of aliphatic hydroxyl groups is 1. The van der Waals surface area contributed by atoms with Crippen molar-refractivity contribution in [2.45, 2.75) is 50.4 Å². The quantitative estimate of drug-likeness (QED) is 0.576. The number of aliphatic hydroxyl groups excluding tert-OH is 1. The predicted molar refractivity (Wildman–Crippen MR) is 73.2 cm³/mol. The molecule has 2 fully saturated rings. The predicted octanol–water partition coefficient (Wildman–Crippen LogP) is -0.777. The van der Waals surface area contributed by atoms with Crippen LogP contribution in [0.15, 0.2) is 4.52 Å². The third kappa shape index (κ3) is 3.58. The van der Waals surface area contributed by atoms with Gasteiger partial charge < -0.3 is 25.6 Å². The summed E-state index contributed by atoms with van der Waals surface area (Å²) in [5.41, 5.74) is 0. The van der Waals surface area contributed by atoms with Gasteiger partial charge >= 0.3 is 0 Å². The molecule has 0 bridgehead atoms. The Hall–Kier alpha value is -1.51. The molecule has 4 N–H and O–H groups in total. The summed E-state index contributed by atoms with van der Waals surface area (Å²) < 4.78 is 5.17. The normalized spacial score (nSPS) is 29.5. The summed E-state index contributed by atoms with van der Waals surface area (Å²) >= 11 is 0. The van der Waals surface area contributed by atoms with E-state index in [1.54, 1.807) is 0 Å². The van der Waals surface area contributed by atoms with Gasteiger partial charge in [-0.15, -0.1) is 0 Å². The number of hydrogen-bond donors (Lipinski definition) is 4. The van der Waals surface area contributed by atoms with Gasteiger partial charge in [-0.05, 0) is 25.8 Å². The van der Waals surface area contributed by atoms with Gasteiger partial charge in [0.25, 0.3) is 0 Å². The maximum atomic E-state index is 11.9. The number of nitrogens with zero attached hydrogens (tertiary/aromatic N) is 2. The minimum absolute atomic E-state index is 0.151. The third-order valence-electron chi connectivity index (χ3n) is 3.94. The van der Waals surface area contributed by atoms with Crippen molar-refractivity contribution < 1.29 is 14.4 Å². The molecule has 0 aliphatic carbocycles. The molecule has 8 heteroatoms. The fraction of sp³-hybridized carbons (Fsp3) is 0.769. The van der Waals surface area contributed by atoms with Crippen molar-refractivity contribution in [1.29, 1.82) is 0 Å². The highest BCUT2D eigenvalue weighted by Crippen LogP contribution is 2.20. The summed E-state index contributed by atoms with van der Waals surface area (Å²) in [4.78, 5) is 16.2. The van der Waals surface area contributed by atoms with E-state index >= 15 is 0 Å². The van der Waals surface area contributed by atoms with Crippen LogP contribution in [0.25, 0.3) is 0 Å². The van der Waals surface area contributed by atoms with Gasteiger partial charge in [-0.25, -0.2) is 0 Å². The summed E-state index contributed by atoms with van der Waals surface area (Å²) in [6.07, 6.45) is 3.33. The first kappa shape index (κ1) is 14.4. The number of amides is 1. The minimum atomic E-state index is -0.451. The van der Waals surface area contributed by atoms with E-state index in [9.17, 15) is 9.90 Å². The van der Waals surface area contributed by atoms with Crippen LogP contribution in [-0.4, -0.2) is 46.4 Å². The Morgan fingerprint density at radius 2 is 2.33 bits per heavy atom. The zero-order valence-corrected chi connectivity index (χ0v) is 11.8. The SMILES string of the molecule is O=C(NCc1nc(C2CCCCN2)no1)C1CC(O)CN1. The standard InChI is InChI=1S/C13H21N5O3/c19-8-5-10(15-6-8)13(20)16-7-11-17-12(18-21-11)9-3-1-2-4-14-9/h8-10,14-15,19H,1-7H2,(H,16,20). The van der Waals surface area contributed by atoms with Crippen LogP contribution < -0.4 is 16.0 Å². The van der Waals surface area contributed by atoms with E-state index in [2.05, 4.69) is 26.1 Å². The first-order valence-corrected chi connectivity index (χ1v) is 7.47. The molecule has 3 atom stereocenters. The molecule has 3 rings (SSSR count). The molecule has 116 valence electrons. The second kappa shape index (κ2) is 6.50. The third-order valence-corrected chi connectivity index (χ3v) is 3.94. The van der Waals surface area contributed by atoms with Gasteiger partial charge in [-0.3, -0.25) is 4.79 Å². The van der Waals surface area contributed by atoms with Crippen LogP contribution in [0.3, 0.4) is 0 Å². The van der Waals surface area contributed by atoms with Crippen molar-refractivity contribution in [1.82, 2.24) is 26.1 Å². The highest BCUT2D eigenvalue weighted by molar-refractivity contribution is 5.82. The second-order valence-corrected chi connectivity index (χ2v) is 5.62. The monoisotopic (exact) mass is 295 g/mol. The van der Waals surface area contributed by atoms with E-state index in [1.807, 2.05) is 0 Å². The van der Waals surface area contributed by atoms with Crippen molar-refractivity contribution in [3.63, 3.8) is 0 Å². The molecule has 3 heterocycles. The Labute approximate surface area is 122 Å². The van der Waals surface area contributed by atoms with Crippen molar-refractivity contribution in [2.24, 2.45) is 0 Å². The lowest BCUT2D eigenvalue weighted by molar-refractivity contribution is -0.123. The van der Waals surface area contributed by atoms with E-state index in [1.165, 1.54) is 6.42 Å². The van der Waals surface area contributed by atoms with Crippen LogP contribution in [0, 0.1) is 0 Å². The van der Waals surface area contributed by atoms with Crippen molar-refractivity contribution in [2.75, 3.05) is 13.1 Å². The molecule has 3 unspecified atom stereocenters. The van der Waals surface area contributed by atoms with E-state index in [0.717, 1.165) is 19.4 Å². The fourth-order valence-corrected chi connectivity index (χ4v) is 2.76. The lowest BCUT2D eigenvalue weighted by Gasteiger charge is -2.19. The van der Waals surface area contributed by atoms with Crippen LogP contribution in [0.1, 0.15) is 43.4 Å². The second-order valence-electron chi connectivity index (χ2n) is 5.62. The Balaban J connectivity index is 1.49. The number of rotatable bonds is 4. The Morgan fingerprint density at radius 3 is 3.05 bits per heavy atom. The number of aromatic nitrogens is 2. The molecule has 0 radical (unpaired) electrons. The molecule has 1 aromatic heterocycles. The van der Waals surface area contributed by atoms with Gasteiger partial charge in [0.1, 0.15) is 0 Å². The number of β-amino-alcohol motifs (C(OH)–C–C–N with tert-alkyl or cyclic N) is 1. The van der Waals surface area contributed by atoms with Crippen molar-refractivity contribution >= 4 is 5.91 Å². The Kier molecular flexibility index (Phi) is 4.47. The molecular weight excluding hydrogens is 274 g/mol. The Bertz CT molecular complexity index is 486. The van der Waals surface area contributed by atoms with E-state index in [0.29, 0.717) is 24.7 Å². The Morgan fingerprint density at radius 1 is 1.43 bits per heavy atom. The van der Waals surface area contributed by atoms with Crippen LogP contribution in [0.4, 0.5) is 0 Å². The van der Waals surface area contributed by atoms with Crippen LogP contribution >= 0.6 is 0 Å². The average molecular weight is 295 g/mol. The molecule has 21 heavy (non-hydrogen) atoms. The van der Waals surface area contributed by atoms with Gasteiger partial charge in [0.05, 0.1) is 24.7 Å². The molecule has 2 aliphatic heterocycles. The van der Waals surface area contributed by atoms with Gasteiger partial charge in [0, 0.05) is 6.54 Å². The van der Waals surface area contributed by atoms with E-state index in [4.69, 9.17) is 4.52 Å². The molecule has 1 amide bonds. The number of piperidine rings is 1.